The topological polar surface area (TPSA) is 70.3 Å². The summed E-state index contributed by atoms with van der Waals surface area (Å²) in [5.74, 6) is 1.93. The van der Waals surface area contributed by atoms with Crippen LogP contribution in [0, 0.1) is 6.92 Å². The smallest absolute Gasteiger partial charge is 0.310 e. The number of hydrogen-bond donors (Lipinski definition) is 1. The Morgan fingerprint density at radius 3 is 2.82 bits per heavy atom. The van der Waals surface area contributed by atoms with Crippen LogP contribution < -0.4 is 10.0 Å². The van der Waals surface area contributed by atoms with Crippen molar-refractivity contribution in [3.63, 3.8) is 0 Å². The molecule has 1 aromatic heterocycles. The van der Waals surface area contributed by atoms with Gasteiger partial charge in [-0.3, -0.25) is 0 Å². The minimum absolute atomic E-state index is 0.438. The molecule has 0 aromatic carbocycles. The molecule has 1 heterocycles. The minimum Gasteiger partial charge on any atom is -0.429 e. The van der Waals surface area contributed by atoms with Gasteiger partial charge in [0.1, 0.15) is 5.82 Å². The van der Waals surface area contributed by atoms with Gasteiger partial charge in [-0.25, -0.2) is 15.5 Å². The van der Waals surface area contributed by atoms with Crippen LogP contribution in [-0.2, 0) is 16.3 Å². The standard InChI is InChI=1S/C10H16N3O2PS/c1-3-14-16(11,17)15-9-6-12-10(8-4-5-8)13-7(9)2/h6,8H,3-5H2,1-2H3,(H2,11,17). The monoisotopic (exact) mass is 273 g/mol. The average molecular weight is 273 g/mol. The Labute approximate surface area is 106 Å². The number of aromatic nitrogens is 2. The highest BCUT2D eigenvalue weighted by molar-refractivity contribution is 8.09. The van der Waals surface area contributed by atoms with Crippen molar-refractivity contribution in [3.05, 3.63) is 17.7 Å². The molecule has 1 aromatic rings. The molecule has 1 aliphatic carbocycles. The van der Waals surface area contributed by atoms with E-state index in [-0.39, 0.29) is 0 Å². The molecule has 5 nitrogen and oxygen atoms in total. The van der Waals surface area contributed by atoms with Gasteiger partial charge in [0, 0.05) is 5.92 Å². The Bertz CT molecular complexity index is 465. The van der Waals surface area contributed by atoms with E-state index in [9.17, 15) is 0 Å². The van der Waals surface area contributed by atoms with Crippen LogP contribution in [-0.4, -0.2) is 16.6 Å². The van der Waals surface area contributed by atoms with Crippen LogP contribution in [0.15, 0.2) is 6.20 Å². The lowest BCUT2D eigenvalue weighted by Crippen LogP contribution is -2.08. The molecular formula is C10H16N3O2PS. The first-order chi connectivity index (χ1) is 8.02. The molecule has 1 unspecified atom stereocenters. The molecule has 0 radical (unpaired) electrons. The lowest BCUT2D eigenvalue weighted by Gasteiger charge is -2.18. The second kappa shape index (κ2) is 4.98. The van der Waals surface area contributed by atoms with Crippen LogP contribution >= 0.6 is 6.64 Å². The van der Waals surface area contributed by atoms with Gasteiger partial charge in [0.2, 0.25) is 0 Å². The third-order valence-corrected chi connectivity index (χ3v) is 4.04. The maximum absolute atomic E-state index is 5.76. The molecule has 0 aliphatic heterocycles. The molecule has 17 heavy (non-hydrogen) atoms. The van der Waals surface area contributed by atoms with E-state index in [0.717, 1.165) is 11.5 Å². The number of rotatable bonds is 5. The summed E-state index contributed by atoms with van der Waals surface area (Å²) in [6.45, 7) is 1.42. The van der Waals surface area contributed by atoms with Gasteiger partial charge in [-0.05, 0) is 38.5 Å². The van der Waals surface area contributed by atoms with E-state index in [0.29, 0.717) is 18.3 Å². The normalized spacial score (nSPS) is 18.8. The van der Waals surface area contributed by atoms with Crippen molar-refractivity contribution in [2.45, 2.75) is 32.6 Å². The molecule has 0 spiro atoms. The Balaban J connectivity index is 2.13. The summed E-state index contributed by atoms with van der Waals surface area (Å²) in [6, 6.07) is 0. The van der Waals surface area contributed by atoms with Gasteiger partial charge in [-0.15, -0.1) is 0 Å². The van der Waals surface area contributed by atoms with Crippen LogP contribution in [0.2, 0.25) is 0 Å². The molecule has 1 atom stereocenters. The molecule has 7 heteroatoms. The van der Waals surface area contributed by atoms with Crippen molar-refractivity contribution >= 4 is 18.4 Å². The molecule has 0 bridgehead atoms. The maximum Gasteiger partial charge on any atom is 0.310 e. The fourth-order valence-electron chi connectivity index (χ4n) is 1.45. The highest BCUT2D eigenvalue weighted by Crippen LogP contribution is 2.42. The summed E-state index contributed by atoms with van der Waals surface area (Å²) in [4.78, 5) is 8.67. The van der Waals surface area contributed by atoms with E-state index >= 15 is 0 Å². The summed E-state index contributed by atoms with van der Waals surface area (Å²) in [6.07, 6.45) is 3.99. The SMILES string of the molecule is CCOP(N)(=S)Oc1cnc(C2CC2)nc1C. The van der Waals surface area contributed by atoms with Gasteiger partial charge in [-0.1, -0.05) is 0 Å². The van der Waals surface area contributed by atoms with Gasteiger partial charge in [0.05, 0.1) is 18.5 Å². The first-order valence-electron chi connectivity index (χ1n) is 5.58. The molecule has 94 valence electrons. The van der Waals surface area contributed by atoms with Crippen LogP contribution in [0.25, 0.3) is 0 Å². The molecule has 1 fully saturated rings. The quantitative estimate of drug-likeness (QED) is 0.830. The zero-order valence-electron chi connectivity index (χ0n) is 9.92. The Hall–Kier alpha value is -0.550. The molecule has 0 saturated heterocycles. The summed E-state index contributed by atoms with van der Waals surface area (Å²) < 4.78 is 10.7. The number of hydrogen-bond acceptors (Lipinski definition) is 5. The van der Waals surface area contributed by atoms with E-state index in [1.807, 2.05) is 13.8 Å². The van der Waals surface area contributed by atoms with Crippen molar-refractivity contribution in [1.29, 1.82) is 0 Å². The van der Waals surface area contributed by atoms with Crippen LogP contribution in [0.3, 0.4) is 0 Å². The Kier molecular flexibility index (Phi) is 3.78. The van der Waals surface area contributed by atoms with Gasteiger partial charge < -0.3 is 9.05 Å². The maximum atomic E-state index is 5.76. The highest BCUT2D eigenvalue weighted by Gasteiger charge is 2.27. The van der Waals surface area contributed by atoms with Crippen molar-refractivity contribution in [2.75, 3.05) is 6.61 Å². The van der Waals surface area contributed by atoms with E-state index < -0.39 is 6.64 Å². The fraction of sp³-hybridized carbons (Fsp3) is 0.600. The largest absolute Gasteiger partial charge is 0.429 e. The van der Waals surface area contributed by atoms with Crippen molar-refractivity contribution in [3.8, 4) is 5.75 Å². The molecule has 1 saturated carbocycles. The lowest BCUT2D eigenvalue weighted by molar-refractivity contribution is 0.330. The average Bonchev–Trinajstić information content (AvgIpc) is 3.04. The summed E-state index contributed by atoms with van der Waals surface area (Å²) in [7, 11) is 0. The Morgan fingerprint density at radius 2 is 2.29 bits per heavy atom. The zero-order chi connectivity index (χ0) is 12.5. The first kappa shape index (κ1) is 12.9. The summed E-state index contributed by atoms with van der Waals surface area (Å²) in [5, 5.41) is 0. The van der Waals surface area contributed by atoms with E-state index in [4.69, 9.17) is 26.4 Å². The van der Waals surface area contributed by atoms with Crippen molar-refractivity contribution < 1.29 is 9.05 Å². The van der Waals surface area contributed by atoms with E-state index in [1.165, 1.54) is 12.8 Å². The van der Waals surface area contributed by atoms with Crippen molar-refractivity contribution in [2.24, 2.45) is 5.50 Å². The first-order valence-corrected chi connectivity index (χ1v) is 8.29. The fourth-order valence-corrected chi connectivity index (χ4v) is 2.87. The molecule has 2 N–H and O–H groups in total. The van der Waals surface area contributed by atoms with Crippen LogP contribution in [0.4, 0.5) is 0 Å². The second-order valence-corrected chi connectivity index (χ2v) is 7.05. The van der Waals surface area contributed by atoms with E-state index in [2.05, 4.69) is 9.97 Å². The summed E-state index contributed by atoms with van der Waals surface area (Å²) in [5.41, 5.74) is 6.53. The Morgan fingerprint density at radius 1 is 1.59 bits per heavy atom. The van der Waals surface area contributed by atoms with Crippen LogP contribution in [0.5, 0.6) is 5.75 Å². The number of nitrogens with zero attached hydrogens (tertiary/aromatic N) is 2. The predicted molar refractivity (Wildman–Crippen MR) is 69.5 cm³/mol. The lowest BCUT2D eigenvalue weighted by atomic mass is 10.3. The van der Waals surface area contributed by atoms with Gasteiger partial charge in [0.15, 0.2) is 5.75 Å². The number of aryl methyl sites for hydroxylation is 1. The zero-order valence-corrected chi connectivity index (χ0v) is 11.6. The van der Waals surface area contributed by atoms with E-state index in [1.54, 1.807) is 6.20 Å². The molecular weight excluding hydrogens is 257 g/mol. The summed E-state index contributed by atoms with van der Waals surface area (Å²) >= 11 is 5.07. The molecule has 2 rings (SSSR count). The third-order valence-electron chi connectivity index (χ3n) is 2.43. The van der Waals surface area contributed by atoms with Gasteiger partial charge in [-0.2, -0.15) is 0 Å². The van der Waals surface area contributed by atoms with Gasteiger partial charge >= 0.3 is 6.64 Å². The second-order valence-electron chi connectivity index (χ2n) is 4.00. The third kappa shape index (κ3) is 3.45. The molecule has 0 amide bonds. The predicted octanol–water partition coefficient (Wildman–Crippen LogP) is 2.26. The number of nitrogens with two attached hydrogens (primary N) is 1. The highest BCUT2D eigenvalue weighted by atomic mass is 32.5. The van der Waals surface area contributed by atoms with Crippen LogP contribution in [0.1, 0.15) is 37.2 Å². The van der Waals surface area contributed by atoms with Crippen molar-refractivity contribution in [1.82, 2.24) is 9.97 Å². The van der Waals surface area contributed by atoms with Gasteiger partial charge in [0.25, 0.3) is 0 Å². The molecule has 1 aliphatic rings. The minimum atomic E-state index is -2.71.